The second-order valence-electron chi connectivity index (χ2n) is 6.30. The summed E-state index contributed by atoms with van der Waals surface area (Å²) >= 11 is 1.13. The summed E-state index contributed by atoms with van der Waals surface area (Å²) in [7, 11) is 0. The number of halogens is 1. The minimum Gasteiger partial charge on any atom is -0.449 e. The van der Waals surface area contributed by atoms with Crippen LogP contribution in [-0.2, 0) is 14.3 Å². The third-order valence-electron chi connectivity index (χ3n) is 4.01. The zero-order valence-electron chi connectivity index (χ0n) is 16.2. The number of anilines is 1. The first kappa shape index (κ1) is 21.8. The number of carbonyl (C=O) groups excluding carboxylic acids is 2. The van der Waals surface area contributed by atoms with Gasteiger partial charge in [0, 0.05) is 29.2 Å². The Bertz CT molecular complexity index is 1160. The van der Waals surface area contributed by atoms with Crippen molar-refractivity contribution in [1.29, 1.82) is 0 Å². The molecular formula is C21H16FN3O5S. The zero-order valence-corrected chi connectivity index (χ0v) is 17.0. The first-order valence-electron chi connectivity index (χ1n) is 8.97. The second-order valence-corrected chi connectivity index (χ2v) is 7.16. The number of hydrogen-bond acceptors (Lipinski definition) is 7. The summed E-state index contributed by atoms with van der Waals surface area (Å²) in [5, 5.41) is 15.3. The number of nitro groups is 1. The summed E-state index contributed by atoms with van der Waals surface area (Å²) in [5.41, 5.74) is 1.41. The van der Waals surface area contributed by atoms with E-state index >= 15 is 0 Å². The van der Waals surface area contributed by atoms with E-state index in [-0.39, 0.29) is 10.8 Å². The van der Waals surface area contributed by atoms with Gasteiger partial charge < -0.3 is 4.74 Å². The van der Waals surface area contributed by atoms with Crippen molar-refractivity contribution in [3.8, 4) is 11.3 Å². The predicted molar refractivity (Wildman–Crippen MR) is 114 cm³/mol. The second kappa shape index (κ2) is 9.72. The number of thiazole rings is 1. The smallest absolute Gasteiger partial charge is 0.331 e. The van der Waals surface area contributed by atoms with Crippen LogP contribution in [0.4, 0.5) is 15.2 Å². The van der Waals surface area contributed by atoms with Crippen LogP contribution in [0.5, 0.6) is 0 Å². The highest BCUT2D eigenvalue weighted by Gasteiger charge is 2.18. The minimum atomic E-state index is -1.10. The molecule has 0 aliphatic heterocycles. The number of nitrogens with one attached hydrogen (secondary N) is 1. The Morgan fingerprint density at radius 1 is 1.26 bits per heavy atom. The van der Waals surface area contributed by atoms with Gasteiger partial charge in [0.05, 0.1) is 10.6 Å². The SMILES string of the molecule is CC(OC(=O)/C=C/c1cccc(F)c1)C(=O)Nc1nc(-c2cccc([N+](=O)[O-])c2)cs1. The Morgan fingerprint density at radius 2 is 2.03 bits per heavy atom. The highest BCUT2D eigenvalue weighted by molar-refractivity contribution is 7.14. The lowest BCUT2D eigenvalue weighted by Crippen LogP contribution is -2.29. The molecule has 1 N–H and O–H groups in total. The van der Waals surface area contributed by atoms with Crippen LogP contribution in [0.25, 0.3) is 17.3 Å². The highest BCUT2D eigenvalue weighted by atomic mass is 32.1. The van der Waals surface area contributed by atoms with Crippen molar-refractivity contribution in [2.75, 3.05) is 5.32 Å². The number of rotatable bonds is 7. The molecule has 1 unspecified atom stereocenters. The van der Waals surface area contributed by atoms with E-state index in [9.17, 15) is 24.1 Å². The van der Waals surface area contributed by atoms with Crippen LogP contribution in [0.3, 0.4) is 0 Å². The molecule has 8 nitrogen and oxygen atoms in total. The van der Waals surface area contributed by atoms with Gasteiger partial charge in [0.15, 0.2) is 11.2 Å². The van der Waals surface area contributed by atoms with Crippen molar-refractivity contribution in [3.63, 3.8) is 0 Å². The fourth-order valence-electron chi connectivity index (χ4n) is 2.49. The normalized spacial score (nSPS) is 11.8. The molecule has 0 spiro atoms. The molecule has 31 heavy (non-hydrogen) atoms. The largest absolute Gasteiger partial charge is 0.449 e. The summed E-state index contributed by atoms with van der Waals surface area (Å²) in [4.78, 5) is 38.8. The monoisotopic (exact) mass is 441 g/mol. The lowest BCUT2D eigenvalue weighted by molar-refractivity contribution is -0.384. The summed E-state index contributed by atoms with van der Waals surface area (Å²) in [6, 6.07) is 11.6. The fraction of sp³-hybridized carbons (Fsp3) is 0.0952. The van der Waals surface area contributed by atoms with Gasteiger partial charge in [-0.05, 0) is 30.7 Å². The van der Waals surface area contributed by atoms with Gasteiger partial charge in [-0.15, -0.1) is 11.3 Å². The molecule has 3 rings (SSSR count). The maximum Gasteiger partial charge on any atom is 0.331 e. The van der Waals surface area contributed by atoms with E-state index in [4.69, 9.17) is 4.74 Å². The first-order chi connectivity index (χ1) is 14.8. The number of ether oxygens (including phenoxy) is 1. The van der Waals surface area contributed by atoms with E-state index in [0.717, 1.165) is 17.4 Å². The number of benzene rings is 2. The van der Waals surface area contributed by atoms with Crippen LogP contribution in [0, 0.1) is 15.9 Å². The summed E-state index contributed by atoms with van der Waals surface area (Å²) in [6.45, 7) is 1.40. The lowest BCUT2D eigenvalue weighted by atomic mass is 10.1. The Morgan fingerprint density at radius 3 is 2.77 bits per heavy atom. The fourth-order valence-corrected chi connectivity index (χ4v) is 3.21. The molecule has 0 saturated heterocycles. The number of non-ortho nitro benzene ring substituents is 1. The van der Waals surface area contributed by atoms with Gasteiger partial charge in [-0.2, -0.15) is 0 Å². The number of amides is 1. The van der Waals surface area contributed by atoms with Crippen LogP contribution >= 0.6 is 11.3 Å². The van der Waals surface area contributed by atoms with Gasteiger partial charge in [0.25, 0.3) is 11.6 Å². The molecule has 2 aromatic carbocycles. The molecular weight excluding hydrogens is 425 g/mol. The minimum absolute atomic E-state index is 0.0667. The van der Waals surface area contributed by atoms with Gasteiger partial charge in [0.2, 0.25) is 0 Å². The van der Waals surface area contributed by atoms with Crippen LogP contribution in [0.1, 0.15) is 12.5 Å². The zero-order chi connectivity index (χ0) is 22.4. The summed E-state index contributed by atoms with van der Waals surface area (Å²) in [6.07, 6.45) is 1.37. The number of esters is 1. The number of carbonyl (C=O) groups is 2. The van der Waals surface area contributed by atoms with Gasteiger partial charge in [-0.25, -0.2) is 14.2 Å². The molecule has 0 saturated carbocycles. The van der Waals surface area contributed by atoms with Gasteiger partial charge in [-0.3, -0.25) is 20.2 Å². The molecule has 158 valence electrons. The quantitative estimate of drug-likeness (QED) is 0.251. The summed E-state index contributed by atoms with van der Waals surface area (Å²) in [5.74, 6) is -1.79. The Labute approximate surface area is 180 Å². The van der Waals surface area contributed by atoms with Crippen molar-refractivity contribution in [3.05, 3.63) is 81.5 Å². The predicted octanol–water partition coefficient (Wildman–Crippen LogP) is 4.44. The van der Waals surface area contributed by atoms with Crippen molar-refractivity contribution >= 4 is 40.1 Å². The third-order valence-corrected chi connectivity index (χ3v) is 4.77. The average molecular weight is 441 g/mol. The number of aromatic nitrogens is 1. The molecule has 1 aromatic heterocycles. The number of hydrogen-bond donors (Lipinski definition) is 1. The first-order valence-corrected chi connectivity index (χ1v) is 9.85. The van der Waals surface area contributed by atoms with Crippen molar-refractivity contribution < 1.29 is 23.6 Å². The summed E-state index contributed by atoms with van der Waals surface area (Å²) < 4.78 is 18.2. The molecule has 10 heteroatoms. The Hall–Kier alpha value is -3.92. The van der Waals surface area contributed by atoms with Crippen molar-refractivity contribution in [1.82, 2.24) is 4.98 Å². The molecule has 1 atom stereocenters. The molecule has 1 amide bonds. The van der Waals surface area contributed by atoms with E-state index in [1.807, 2.05) is 0 Å². The molecule has 1 heterocycles. The van der Waals surface area contributed by atoms with E-state index < -0.39 is 28.7 Å². The number of nitro benzene ring substituents is 1. The molecule has 3 aromatic rings. The van der Waals surface area contributed by atoms with E-state index in [1.54, 1.807) is 23.6 Å². The third kappa shape index (κ3) is 6.03. The Kier molecular flexibility index (Phi) is 6.83. The van der Waals surface area contributed by atoms with Gasteiger partial charge in [0.1, 0.15) is 5.82 Å². The molecule has 0 radical (unpaired) electrons. The van der Waals surface area contributed by atoms with E-state index in [0.29, 0.717) is 16.8 Å². The number of nitrogens with zero attached hydrogens (tertiary/aromatic N) is 2. The Balaban J connectivity index is 1.58. The molecule has 0 bridgehead atoms. The molecule has 0 fully saturated rings. The topological polar surface area (TPSA) is 111 Å². The average Bonchev–Trinajstić information content (AvgIpc) is 3.21. The van der Waals surface area contributed by atoms with Crippen LogP contribution in [0.15, 0.2) is 60.0 Å². The molecule has 0 aliphatic carbocycles. The maximum atomic E-state index is 13.1. The van der Waals surface area contributed by atoms with E-state index in [1.165, 1.54) is 43.3 Å². The molecule has 0 aliphatic rings. The van der Waals surface area contributed by atoms with Gasteiger partial charge in [-0.1, -0.05) is 24.3 Å². The van der Waals surface area contributed by atoms with Crippen LogP contribution in [-0.4, -0.2) is 27.9 Å². The van der Waals surface area contributed by atoms with Crippen LogP contribution < -0.4 is 5.32 Å². The van der Waals surface area contributed by atoms with Crippen molar-refractivity contribution in [2.24, 2.45) is 0 Å². The lowest BCUT2D eigenvalue weighted by Gasteiger charge is -2.10. The van der Waals surface area contributed by atoms with Crippen molar-refractivity contribution in [2.45, 2.75) is 13.0 Å². The maximum absolute atomic E-state index is 13.1. The highest BCUT2D eigenvalue weighted by Crippen LogP contribution is 2.27. The van der Waals surface area contributed by atoms with Gasteiger partial charge >= 0.3 is 5.97 Å². The van der Waals surface area contributed by atoms with E-state index in [2.05, 4.69) is 10.3 Å². The standard InChI is InChI=1S/C21H16FN3O5S/c1-13(30-19(26)9-8-14-4-2-6-16(22)10-14)20(27)24-21-23-18(12-31-21)15-5-3-7-17(11-15)25(28)29/h2-13H,1H3,(H,23,24,27)/b9-8+. The van der Waals surface area contributed by atoms with Crippen LogP contribution in [0.2, 0.25) is 0 Å².